The summed E-state index contributed by atoms with van der Waals surface area (Å²) >= 11 is 0. The Labute approximate surface area is 121 Å². The second-order valence-electron chi connectivity index (χ2n) is 4.67. The highest BCUT2D eigenvalue weighted by Gasteiger charge is 2.32. The van der Waals surface area contributed by atoms with E-state index in [1.807, 2.05) is 0 Å². The van der Waals surface area contributed by atoms with Crippen LogP contribution in [0.15, 0.2) is 48.5 Å². The van der Waals surface area contributed by atoms with Gasteiger partial charge in [-0.25, -0.2) is 0 Å². The number of ether oxygens (including phenoxy) is 1. The summed E-state index contributed by atoms with van der Waals surface area (Å²) in [5, 5.41) is 0. The maximum absolute atomic E-state index is 14.0. The van der Waals surface area contributed by atoms with Crippen LogP contribution in [0, 0.1) is 0 Å². The summed E-state index contributed by atoms with van der Waals surface area (Å²) in [7, 11) is 0. The number of nitrogen functional groups attached to an aromatic ring is 1. The zero-order valence-corrected chi connectivity index (χ0v) is 11.5. The molecule has 0 bridgehead atoms. The molecule has 0 saturated heterocycles. The molecule has 0 atom stereocenters. The number of carbonyl (C=O) groups excluding carboxylic acids is 1. The Balaban J connectivity index is 2.18. The van der Waals surface area contributed by atoms with Crippen LogP contribution in [0.25, 0.3) is 0 Å². The number of carbonyl (C=O) groups is 1. The van der Waals surface area contributed by atoms with Gasteiger partial charge in [0.15, 0.2) is 12.4 Å². The molecule has 110 valence electrons. The lowest BCUT2D eigenvalue weighted by Gasteiger charge is -2.18. The predicted octanol–water partition coefficient (Wildman–Crippen LogP) is 3.64. The number of anilines is 1. The van der Waals surface area contributed by atoms with Gasteiger partial charge in [-0.1, -0.05) is 30.3 Å². The molecule has 3 nitrogen and oxygen atoms in total. The number of Topliss-reactive ketones (excluding diaryl/α,β-unsaturated/α-hetero) is 1. The standard InChI is InChI=1S/C16H15F2NO2/c1-11(20)14-9-13(19)7-8-15(14)21-10-16(17,18)12-5-3-2-4-6-12/h2-9H,10,19H2,1H3. The maximum Gasteiger partial charge on any atom is 0.306 e. The minimum atomic E-state index is -3.14. The molecule has 2 aromatic rings. The van der Waals surface area contributed by atoms with Gasteiger partial charge in [0.25, 0.3) is 0 Å². The molecular formula is C16H15F2NO2. The molecule has 0 aliphatic carbocycles. The van der Waals surface area contributed by atoms with E-state index in [1.54, 1.807) is 6.07 Å². The van der Waals surface area contributed by atoms with Gasteiger partial charge in [0.1, 0.15) is 5.75 Å². The highest BCUT2D eigenvalue weighted by molar-refractivity contribution is 5.97. The van der Waals surface area contributed by atoms with E-state index < -0.39 is 12.5 Å². The molecule has 2 aromatic carbocycles. The van der Waals surface area contributed by atoms with Gasteiger partial charge in [0.2, 0.25) is 0 Å². The molecule has 0 aliphatic heterocycles. The molecule has 0 heterocycles. The van der Waals surface area contributed by atoms with E-state index in [1.165, 1.54) is 49.4 Å². The number of benzene rings is 2. The molecule has 0 radical (unpaired) electrons. The van der Waals surface area contributed by atoms with Crippen molar-refractivity contribution in [1.82, 2.24) is 0 Å². The molecule has 0 unspecified atom stereocenters. The molecule has 0 saturated carbocycles. The molecule has 21 heavy (non-hydrogen) atoms. The number of rotatable bonds is 5. The fourth-order valence-electron chi connectivity index (χ4n) is 1.88. The van der Waals surface area contributed by atoms with Gasteiger partial charge in [0, 0.05) is 11.3 Å². The summed E-state index contributed by atoms with van der Waals surface area (Å²) in [5.41, 5.74) is 6.02. The van der Waals surface area contributed by atoms with Gasteiger partial charge in [-0.15, -0.1) is 0 Å². The van der Waals surface area contributed by atoms with Gasteiger partial charge >= 0.3 is 5.92 Å². The van der Waals surface area contributed by atoms with Gasteiger partial charge in [0.05, 0.1) is 5.56 Å². The number of ketones is 1. The van der Waals surface area contributed by atoms with Crippen LogP contribution < -0.4 is 10.5 Å². The molecule has 2 rings (SSSR count). The van der Waals surface area contributed by atoms with Crippen molar-refractivity contribution in [1.29, 1.82) is 0 Å². The third kappa shape index (κ3) is 3.56. The first-order valence-corrected chi connectivity index (χ1v) is 6.37. The molecule has 0 fully saturated rings. The van der Waals surface area contributed by atoms with Crippen molar-refractivity contribution in [2.24, 2.45) is 0 Å². The molecule has 2 N–H and O–H groups in total. The van der Waals surface area contributed by atoms with Crippen LogP contribution in [0.1, 0.15) is 22.8 Å². The Bertz CT molecular complexity index is 642. The fraction of sp³-hybridized carbons (Fsp3) is 0.188. The van der Waals surface area contributed by atoms with E-state index in [2.05, 4.69) is 0 Å². The quantitative estimate of drug-likeness (QED) is 0.676. The number of halogens is 2. The summed E-state index contributed by atoms with van der Waals surface area (Å²) in [6.07, 6.45) is 0. The Morgan fingerprint density at radius 3 is 2.48 bits per heavy atom. The first kappa shape index (κ1) is 15.0. The van der Waals surface area contributed by atoms with Crippen LogP contribution in [0.4, 0.5) is 14.5 Å². The van der Waals surface area contributed by atoms with E-state index in [9.17, 15) is 13.6 Å². The van der Waals surface area contributed by atoms with Gasteiger partial charge < -0.3 is 10.5 Å². The van der Waals surface area contributed by atoms with Crippen LogP contribution in [-0.4, -0.2) is 12.4 Å². The topological polar surface area (TPSA) is 52.3 Å². The van der Waals surface area contributed by atoms with Crippen molar-refractivity contribution in [2.45, 2.75) is 12.8 Å². The Kier molecular flexibility index (Phi) is 4.21. The third-order valence-corrected chi connectivity index (χ3v) is 2.99. The van der Waals surface area contributed by atoms with Crippen LogP contribution in [0.2, 0.25) is 0 Å². The summed E-state index contributed by atoms with van der Waals surface area (Å²) in [6, 6.07) is 11.7. The smallest absolute Gasteiger partial charge is 0.306 e. The average Bonchev–Trinajstić information content (AvgIpc) is 2.47. The lowest BCUT2D eigenvalue weighted by atomic mass is 10.1. The summed E-state index contributed by atoms with van der Waals surface area (Å²) in [6.45, 7) is 0.484. The van der Waals surface area contributed by atoms with Gasteiger partial charge in [-0.3, -0.25) is 4.79 Å². The first-order valence-electron chi connectivity index (χ1n) is 6.37. The average molecular weight is 291 g/mol. The van der Waals surface area contributed by atoms with Crippen molar-refractivity contribution in [3.8, 4) is 5.75 Å². The van der Waals surface area contributed by atoms with E-state index in [-0.39, 0.29) is 22.7 Å². The number of hydrogen-bond acceptors (Lipinski definition) is 3. The first-order chi connectivity index (χ1) is 9.90. The van der Waals surface area contributed by atoms with E-state index in [0.717, 1.165) is 0 Å². The molecule has 0 spiro atoms. The minimum Gasteiger partial charge on any atom is -0.486 e. The highest BCUT2D eigenvalue weighted by Crippen LogP contribution is 2.30. The predicted molar refractivity (Wildman–Crippen MR) is 76.7 cm³/mol. The monoisotopic (exact) mass is 291 g/mol. The van der Waals surface area contributed by atoms with Crippen LogP contribution in [-0.2, 0) is 5.92 Å². The number of hydrogen-bond donors (Lipinski definition) is 1. The Hall–Kier alpha value is -2.43. The molecule has 0 aromatic heterocycles. The SMILES string of the molecule is CC(=O)c1cc(N)ccc1OCC(F)(F)c1ccccc1. The van der Waals surface area contributed by atoms with Crippen molar-refractivity contribution in [3.63, 3.8) is 0 Å². The lowest BCUT2D eigenvalue weighted by molar-refractivity contribution is -0.0468. The fourth-order valence-corrected chi connectivity index (χ4v) is 1.88. The highest BCUT2D eigenvalue weighted by atomic mass is 19.3. The van der Waals surface area contributed by atoms with Crippen LogP contribution in [0.5, 0.6) is 5.75 Å². The number of alkyl halides is 2. The summed E-state index contributed by atoms with van der Waals surface area (Å²) < 4.78 is 33.2. The normalized spacial score (nSPS) is 11.2. The van der Waals surface area contributed by atoms with Crippen LogP contribution in [0.3, 0.4) is 0 Å². The third-order valence-electron chi connectivity index (χ3n) is 2.99. The van der Waals surface area contributed by atoms with E-state index in [0.29, 0.717) is 5.69 Å². The molecular weight excluding hydrogens is 276 g/mol. The Morgan fingerprint density at radius 1 is 1.19 bits per heavy atom. The summed E-state index contributed by atoms with van der Waals surface area (Å²) in [4.78, 5) is 11.5. The minimum absolute atomic E-state index is 0.104. The van der Waals surface area contributed by atoms with Gasteiger partial charge in [-0.05, 0) is 25.1 Å². The zero-order valence-electron chi connectivity index (χ0n) is 11.5. The van der Waals surface area contributed by atoms with Crippen molar-refractivity contribution in [3.05, 3.63) is 59.7 Å². The molecule has 5 heteroatoms. The van der Waals surface area contributed by atoms with Crippen molar-refractivity contribution < 1.29 is 18.3 Å². The maximum atomic E-state index is 14.0. The second kappa shape index (κ2) is 5.91. The lowest BCUT2D eigenvalue weighted by Crippen LogP contribution is -2.23. The van der Waals surface area contributed by atoms with Crippen molar-refractivity contribution >= 4 is 11.5 Å². The van der Waals surface area contributed by atoms with Crippen molar-refractivity contribution in [2.75, 3.05) is 12.3 Å². The van der Waals surface area contributed by atoms with Gasteiger partial charge in [-0.2, -0.15) is 8.78 Å². The number of nitrogens with two attached hydrogens (primary N) is 1. The van der Waals surface area contributed by atoms with Crippen LogP contribution >= 0.6 is 0 Å². The Morgan fingerprint density at radius 2 is 1.86 bits per heavy atom. The molecule has 0 amide bonds. The van der Waals surface area contributed by atoms with E-state index in [4.69, 9.17) is 10.5 Å². The second-order valence-corrected chi connectivity index (χ2v) is 4.67. The zero-order chi connectivity index (χ0) is 15.5. The summed E-state index contributed by atoms with van der Waals surface area (Å²) in [5.74, 6) is -3.33. The molecule has 0 aliphatic rings. The largest absolute Gasteiger partial charge is 0.486 e. The van der Waals surface area contributed by atoms with E-state index >= 15 is 0 Å².